The number of rotatable bonds is 8. The Bertz CT molecular complexity index is 1130. The number of thioether (sulfide) groups is 1. The van der Waals surface area contributed by atoms with Gasteiger partial charge in [0.05, 0.1) is 5.75 Å². The first-order valence-corrected chi connectivity index (χ1v) is 12.0. The third-order valence-electron chi connectivity index (χ3n) is 5.28. The molecule has 0 radical (unpaired) electrons. The van der Waals surface area contributed by atoms with Crippen molar-refractivity contribution in [2.24, 2.45) is 5.73 Å². The summed E-state index contributed by atoms with van der Waals surface area (Å²) in [5.74, 6) is 0.0494. The molecule has 2 aromatic heterocycles. The van der Waals surface area contributed by atoms with Crippen molar-refractivity contribution < 1.29 is 19.7 Å². The summed E-state index contributed by atoms with van der Waals surface area (Å²) in [4.78, 5) is 25.1. The van der Waals surface area contributed by atoms with Crippen LogP contribution in [0.4, 0.5) is 5.82 Å². The molecule has 0 aliphatic carbocycles. The number of ether oxygens (including phenoxy) is 1. The Balaban J connectivity index is 1.47. The van der Waals surface area contributed by atoms with Gasteiger partial charge in [0.2, 0.25) is 5.91 Å². The second-order valence-corrected chi connectivity index (χ2v) is 9.35. The Hall–Kier alpha value is -2.29. The van der Waals surface area contributed by atoms with Gasteiger partial charge in [0, 0.05) is 17.6 Å². The van der Waals surface area contributed by atoms with Crippen molar-refractivity contribution in [3.05, 3.63) is 40.6 Å². The molecule has 1 amide bonds. The second-order valence-electron chi connectivity index (χ2n) is 7.49. The van der Waals surface area contributed by atoms with Gasteiger partial charge in [-0.25, -0.2) is 15.0 Å². The number of amides is 1. The summed E-state index contributed by atoms with van der Waals surface area (Å²) in [7, 11) is 0. The Morgan fingerprint density at radius 3 is 2.70 bits per heavy atom. The van der Waals surface area contributed by atoms with Crippen molar-refractivity contribution in [1.82, 2.24) is 24.8 Å². The smallest absolute Gasteiger partial charge is 0.230 e. The minimum Gasteiger partial charge on any atom is -0.387 e. The fraction of sp³-hybridized carbons (Fsp3) is 0.400. The average Bonchev–Trinajstić information content (AvgIpc) is 3.31. The molecule has 3 aromatic rings. The van der Waals surface area contributed by atoms with Crippen LogP contribution in [0.2, 0.25) is 0 Å². The van der Waals surface area contributed by atoms with Crippen molar-refractivity contribution in [1.29, 1.82) is 0 Å². The molecular formula is C20H24BrN7O4S. The molecule has 0 saturated carbocycles. The maximum atomic E-state index is 12.4. The van der Waals surface area contributed by atoms with Gasteiger partial charge in [-0.3, -0.25) is 9.36 Å². The number of aliphatic hydroxyl groups excluding tert-OH is 2. The SMILES string of the molecule is NC[C@H]1O[C@@H](n2c(SCC(=O)NCCc3ccc(Br)cc3)nc3c(N)ncnc32)[C@H](O)[C@@H]1O. The van der Waals surface area contributed by atoms with Gasteiger partial charge in [-0.1, -0.05) is 39.8 Å². The number of halogens is 1. The third-order valence-corrected chi connectivity index (χ3v) is 6.76. The first-order chi connectivity index (χ1) is 15.9. The summed E-state index contributed by atoms with van der Waals surface area (Å²) in [6.07, 6.45) is -2.19. The highest BCUT2D eigenvalue weighted by Gasteiger charge is 2.44. The lowest BCUT2D eigenvalue weighted by Crippen LogP contribution is -2.35. The van der Waals surface area contributed by atoms with E-state index in [4.69, 9.17) is 16.2 Å². The van der Waals surface area contributed by atoms with Crippen LogP contribution in [0.5, 0.6) is 0 Å². The molecular weight excluding hydrogens is 514 g/mol. The zero-order chi connectivity index (χ0) is 23.5. The van der Waals surface area contributed by atoms with Crippen LogP contribution in [-0.4, -0.2) is 72.8 Å². The molecule has 0 bridgehead atoms. The highest BCUT2D eigenvalue weighted by atomic mass is 79.9. The number of hydrogen-bond acceptors (Lipinski definition) is 10. The standard InChI is InChI=1S/C20H24BrN7O4S/c21-11-3-1-10(2-4-11)5-6-24-13(29)8-33-20-27-14-17(23)25-9-26-18(14)28(20)19-16(31)15(30)12(7-22)32-19/h1-4,9,12,15-16,19,30-31H,5-8,22H2,(H,24,29)(H2,23,25,26)/t12-,15-,16-,19-/m1/s1. The molecule has 33 heavy (non-hydrogen) atoms. The molecule has 3 heterocycles. The fourth-order valence-electron chi connectivity index (χ4n) is 3.55. The molecule has 4 rings (SSSR count). The molecule has 4 atom stereocenters. The number of hydrogen-bond donors (Lipinski definition) is 5. The van der Waals surface area contributed by atoms with Crippen LogP contribution >= 0.6 is 27.7 Å². The fourth-order valence-corrected chi connectivity index (χ4v) is 4.67. The minimum atomic E-state index is -1.26. The summed E-state index contributed by atoms with van der Waals surface area (Å²) < 4.78 is 8.30. The van der Waals surface area contributed by atoms with Crippen molar-refractivity contribution in [3.63, 3.8) is 0 Å². The molecule has 1 saturated heterocycles. The molecule has 1 aromatic carbocycles. The van der Waals surface area contributed by atoms with Crippen molar-refractivity contribution in [2.45, 2.75) is 36.1 Å². The molecule has 0 unspecified atom stereocenters. The molecule has 1 fully saturated rings. The molecule has 11 nitrogen and oxygen atoms in total. The maximum Gasteiger partial charge on any atom is 0.230 e. The van der Waals surface area contributed by atoms with E-state index < -0.39 is 24.5 Å². The topological polar surface area (TPSA) is 174 Å². The van der Waals surface area contributed by atoms with Crippen molar-refractivity contribution in [3.8, 4) is 0 Å². The lowest BCUT2D eigenvalue weighted by Gasteiger charge is -2.19. The zero-order valence-corrected chi connectivity index (χ0v) is 19.9. The highest BCUT2D eigenvalue weighted by Crippen LogP contribution is 2.36. The van der Waals surface area contributed by atoms with Crippen LogP contribution in [0.1, 0.15) is 11.8 Å². The van der Waals surface area contributed by atoms with E-state index in [1.54, 1.807) is 0 Å². The lowest BCUT2D eigenvalue weighted by atomic mass is 10.1. The largest absolute Gasteiger partial charge is 0.387 e. The van der Waals surface area contributed by atoms with E-state index >= 15 is 0 Å². The maximum absolute atomic E-state index is 12.4. The summed E-state index contributed by atoms with van der Waals surface area (Å²) in [6.45, 7) is 0.520. The summed E-state index contributed by atoms with van der Waals surface area (Å²) in [5.41, 5.74) is 13.4. The van der Waals surface area contributed by atoms with Crippen LogP contribution in [0.25, 0.3) is 11.2 Å². The average molecular weight is 538 g/mol. The van der Waals surface area contributed by atoms with Gasteiger partial charge in [0.1, 0.15) is 24.6 Å². The van der Waals surface area contributed by atoms with Crippen molar-refractivity contribution in [2.75, 3.05) is 24.6 Å². The van der Waals surface area contributed by atoms with Gasteiger partial charge in [0.25, 0.3) is 0 Å². The van der Waals surface area contributed by atoms with Gasteiger partial charge in [0.15, 0.2) is 28.4 Å². The number of nitrogens with one attached hydrogen (secondary N) is 1. The lowest BCUT2D eigenvalue weighted by molar-refractivity contribution is -0.118. The number of fused-ring (bicyclic) bond motifs is 1. The van der Waals surface area contributed by atoms with Gasteiger partial charge in [-0.2, -0.15) is 0 Å². The predicted molar refractivity (Wildman–Crippen MR) is 126 cm³/mol. The molecule has 0 spiro atoms. The summed E-state index contributed by atoms with van der Waals surface area (Å²) in [5, 5.41) is 24.0. The van der Waals surface area contributed by atoms with E-state index in [-0.39, 0.29) is 24.0 Å². The Morgan fingerprint density at radius 2 is 2.00 bits per heavy atom. The van der Waals surface area contributed by atoms with E-state index in [0.29, 0.717) is 29.3 Å². The van der Waals surface area contributed by atoms with E-state index in [1.165, 1.54) is 10.9 Å². The third kappa shape index (κ3) is 5.13. The zero-order valence-electron chi connectivity index (χ0n) is 17.5. The Labute approximate surface area is 202 Å². The number of aromatic nitrogens is 4. The van der Waals surface area contributed by atoms with Gasteiger partial charge in [-0.05, 0) is 24.1 Å². The number of aliphatic hydroxyl groups is 2. The highest BCUT2D eigenvalue weighted by molar-refractivity contribution is 9.10. The van der Waals surface area contributed by atoms with E-state index in [0.717, 1.165) is 21.8 Å². The normalized spacial score (nSPS) is 22.7. The monoisotopic (exact) mass is 537 g/mol. The summed E-state index contributed by atoms with van der Waals surface area (Å²) >= 11 is 4.54. The first-order valence-electron chi connectivity index (χ1n) is 10.2. The van der Waals surface area contributed by atoms with Crippen LogP contribution in [-0.2, 0) is 16.0 Å². The van der Waals surface area contributed by atoms with Crippen LogP contribution in [0.3, 0.4) is 0 Å². The van der Waals surface area contributed by atoms with E-state index in [9.17, 15) is 15.0 Å². The number of carbonyl (C=O) groups is 1. The number of nitrogen functional groups attached to an aromatic ring is 1. The van der Waals surface area contributed by atoms with Gasteiger partial charge in [-0.15, -0.1) is 0 Å². The molecule has 1 aliphatic rings. The number of imidazole rings is 1. The van der Waals surface area contributed by atoms with Gasteiger partial charge >= 0.3 is 0 Å². The minimum absolute atomic E-state index is 0.0295. The second kappa shape index (κ2) is 10.3. The number of nitrogens with two attached hydrogens (primary N) is 2. The van der Waals surface area contributed by atoms with Crippen LogP contribution < -0.4 is 16.8 Å². The van der Waals surface area contributed by atoms with Crippen LogP contribution in [0.15, 0.2) is 40.2 Å². The number of carbonyl (C=O) groups excluding carboxylic acids is 1. The van der Waals surface area contributed by atoms with E-state index in [1.807, 2.05) is 24.3 Å². The number of anilines is 1. The van der Waals surface area contributed by atoms with Crippen molar-refractivity contribution >= 4 is 50.6 Å². The number of benzene rings is 1. The Morgan fingerprint density at radius 1 is 1.24 bits per heavy atom. The quantitative estimate of drug-likeness (QED) is 0.249. The Kier molecular flexibility index (Phi) is 7.46. The molecule has 176 valence electrons. The predicted octanol–water partition coefficient (Wildman–Crippen LogP) is 0.200. The molecule has 7 N–H and O–H groups in total. The number of nitrogens with zero attached hydrogens (tertiary/aromatic N) is 4. The molecule has 13 heteroatoms. The first kappa shape index (κ1) is 23.9. The van der Waals surface area contributed by atoms with Gasteiger partial charge < -0.3 is 31.7 Å². The van der Waals surface area contributed by atoms with E-state index in [2.05, 4.69) is 36.2 Å². The summed E-state index contributed by atoms with van der Waals surface area (Å²) in [6, 6.07) is 7.90. The van der Waals surface area contributed by atoms with Crippen LogP contribution in [0, 0.1) is 0 Å². The molecule has 1 aliphatic heterocycles.